The first-order valence-electron chi connectivity index (χ1n) is 9.77. The molecule has 0 radical (unpaired) electrons. The summed E-state index contributed by atoms with van der Waals surface area (Å²) in [6.07, 6.45) is 1.85. The molecule has 1 aliphatic heterocycles. The van der Waals surface area contributed by atoms with E-state index < -0.39 is 0 Å². The number of benzene rings is 2. The van der Waals surface area contributed by atoms with Crippen molar-refractivity contribution in [3.05, 3.63) is 54.4 Å². The maximum Gasteiger partial charge on any atom is 0.321 e. The van der Waals surface area contributed by atoms with Gasteiger partial charge in [0.1, 0.15) is 5.52 Å². The minimum absolute atomic E-state index is 0.0414. The van der Waals surface area contributed by atoms with Crippen molar-refractivity contribution < 1.29 is 14.0 Å². The highest BCUT2D eigenvalue weighted by molar-refractivity contribution is 5.92. The molecule has 7 heteroatoms. The van der Waals surface area contributed by atoms with Crippen LogP contribution in [-0.4, -0.2) is 42.0 Å². The minimum atomic E-state index is -0.140. The van der Waals surface area contributed by atoms with Crippen LogP contribution in [0.15, 0.2) is 52.9 Å². The number of piperidine rings is 1. The second-order valence-corrected chi connectivity index (χ2v) is 7.36. The van der Waals surface area contributed by atoms with Gasteiger partial charge < -0.3 is 19.5 Å². The highest BCUT2D eigenvalue weighted by Crippen LogP contribution is 2.29. The molecule has 1 saturated heterocycles. The van der Waals surface area contributed by atoms with E-state index in [1.54, 1.807) is 29.0 Å². The van der Waals surface area contributed by atoms with Crippen molar-refractivity contribution in [1.82, 2.24) is 9.88 Å². The molecule has 1 unspecified atom stereocenters. The monoisotopic (exact) mass is 392 g/mol. The lowest BCUT2D eigenvalue weighted by molar-refractivity contribution is -0.116. The first-order chi connectivity index (χ1) is 14.0. The molecule has 150 valence electrons. The van der Waals surface area contributed by atoms with Crippen LogP contribution in [0, 0.1) is 0 Å². The molecular weight excluding hydrogens is 368 g/mol. The quantitative estimate of drug-likeness (QED) is 0.724. The lowest BCUT2D eigenvalue weighted by Crippen LogP contribution is -2.41. The number of carbonyl (C=O) groups excluding carboxylic acids is 2. The Bertz CT molecular complexity index is 995. The van der Waals surface area contributed by atoms with Crippen LogP contribution >= 0.6 is 0 Å². The highest BCUT2D eigenvalue weighted by atomic mass is 16.3. The largest absolute Gasteiger partial charge is 0.440 e. The molecule has 3 amide bonds. The summed E-state index contributed by atoms with van der Waals surface area (Å²) in [7, 11) is 1.72. The fourth-order valence-electron chi connectivity index (χ4n) is 3.58. The number of oxazole rings is 1. The summed E-state index contributed by atoms with van der Waals surface area (Å²) in [6, 6.07) is 14.8. The van der Waals surface area contributed by atoms with E-state index in [9.17, 15) is 9.59 Å². The topological polar surface area (TPSA) is 78.7 Å². The van der Waals surface area contributed by atoms with E-state index in [0.717, 1.165) is 29.6 Å². The normalized spacial score (nSPS) is 16.6. The predicted molar refractivity (Wildman–Crippen MR) is 112 cm³/mol. The van der Waals surface area contributed by atoms with Crippen LogP contribution in [0.4, 0.5) is 16.2 Å². The van der Waals surface area contributed by atoms with E-state index in [-0.39, 0.29) is 17.9 Å². The molecule has 1 aromatic heterocycles. The number of nitrogens with one attached hydrogen (secondary N) is 1. The van der Waals surface area contributed by atoms with Gasteiger partial charge in [-0.2, -0.15) is 0 Å². The SMILES string of the molecule is CC(=O)N(C)c1ccc(NC(=O)N2CCCC(c3nc4ccccc4o3)C2)cc1. The number of hydrogen-bond donors (Lipinski definition) is 1. The van der Waals surface area contributed by atoms with Gasteiger partial charge in [0.05, 0.1) is 5.92 Å². The van der Waals surface area contributed by atoms with Crippen molar-refractivity contribution >= 4 is 34.4 Å². The van der Waals surface area contributed by atoms with Crippen molar-refractivity contribution in [3.63, 3.8) is 0 Å². The van der Waals surface area contributed by atoms with Crippen LogP contribution in [0.3, 0.4) is 0 Å². The van der Waals surface area contributed by atoms with Crippen LogP contribution in [0.25, 0.3) is 11.1 Å². The van der Waals surface area contributed by atoms with Crippen molar-refractivity contribution in [2.24, 2.45) is 0 Å². The third-order valence-electron chi connectivity index (χ3n) is 5.35. The molecule has 4 rings (SSSR count). The molecule has 2 heterocycles. The van der Waals surface area contributed by atoms with Gasteiger partial charge in [-0.25, -0.2) is 9.78 Å². The van der Waals surface area contributed by atoms with E-state index >= 15 is 0 Å². The summed E-state index contributed by atoms with van der Waals surface area (Å²) in [5, 5.41) is 2.94. The number of carbonyl (C=O) groups is 2. The van der Waals surface area contributed by atoms with Gasteiger partial charge in [0.2, 0.25) is 5.91 Å². The zero-order valence-corrected chi connectivity index (χ0v) is 16.6. The average molecular weight is 392 g/mol. The molecule has 1 aliphatic rings. The van der Waals surface area contributed by atoms with E-state index in [0.29, 0.717) is 24.7 Å². The molecule has 1 N–H and O–H groups in total. The van der Waals surface area contributed by atoms with Crippen LogP contribution in [0.1, 0.15) is 31.6 Å². The number of para-hydroxylation sites is 2. The third kappa shape index (κ3) is 4.08. The molecule has 1 fully saturated rings. The Balaban J connectivity index is 1.41. The van der Waals surface area contributed by atoms with Gasteiger partial charge in [-0.05, 0) is 49.2 Å². The summed E-state index contributed by atoms with van der Waals surface area (Å²) in [6.45, 7) is 2.79. The number of likely N-dealkylation sites (tertiary alicyclic amines) is 1. The molecule has 2 aromatic carbocycles. The molecule has 0 spiro atoms. The Kier molecular flexibility index (Phi) is 5.20. The van der Waals surface area contributed by atoms with Crippen molar-refractivity contribution in [3.8, 4) is 0 Å². The number of nitrogens with zero attached hydrogens (tertiary/aromatic N) is 3. The summed E-state index contributed by atoms with van der Waals surface area (Å²) in [5.74, 6) is 0.745. The average Bonchev–Trinajstić information content (AvgIpc) is 3.18. The fraction of sp³-hybridized carbons (Fsp3) is 0.318. The predicted octanol–water partition coefficient (Wildman–Crippen LogP) is 4.22. The zero-order chi connectivity index (χ0) is 20.4. The molecule has 0 bridgehead atoms. The smallest absolute Gasteiger partial charge is 0.321 e. The van der Waals surface area contributed by atoms with E-state index in [1.165, 1.54) is 6.92 Å². The van der Waals surface area contributed by atoms with Gasteiger partial charge in [0.15, 0.2) is 11.5 Å². The van der Waals surface area contributed by atoms with Gasteiger partial charge in [-0.3, -0.25) is 4.79 Å². The maximum absolute atomic E-state index is 12.7. The standard InChI is InChI=1S/C22H24N4O3/c1-15(27)25(2)18-11-9-17(10-12-18)23-22(28)26-13-5-6-16(14-26)21-24-19-7-3-4-8-20(19)29-21/h3-4,7-12,16H,5-6,13-14H2,1-2H3,(H,23,28). The number of rotatable bonds is 3. The van der Waals surface area contributed by atoms with Gasteiger partial charge in [-0.1, -0.05) is 12.1 Å². The van der Waals surface area contributed by atoms with Crippen molar-refractivity contribution in [2.45, 2.75) is 25.7 Å². The van der Waals surface area contributed by atoms with E-state index in [2.05, 4.69) is 10.3 Å². The Morgan fingerprint density at radius 3 is 2.66 bits per heavy atom. The fourth-order valence-corrected chi connectivity index (χ4v) is 3.58. The number of fused-ring (bicyclic) bond motifs is 1. The highest BCUT2D eigenvalue weighted by Gasteiger charge is 2.28. The molecule has 0 aliphatic carbocycles. The number of hydrogen-bond acceptors (Lipinski definition) is 4. The Hall–Kier alpha value is -3.35. The molecule has 1 atom stereocenters. The van der Waals surface area contributed by atoms with Crippen molar-refractivity contribution in [1.29, 1.82) is 0 Å². The van der Waals surface area contributed by atoms with E-state index in [1.807, 2.05) is 36.4 Å². The Morgan fingerprint density at radius 1 is 1.17 bits per heavy atom. The van der Waals surface area contributed by atoms with Crippen LogP contribution in [-0.2, 0) is 4.79 Å². The lowest BCUT2D eigenvalue weighted by atomic mass is 9.98. The number of anilines is 2. The Morgan fingerprint density at radius 2 is 1.93 bits per heavy atom. The molecule has 3 aromatic rings. The zero-order valence-electron chi connectivity index (χ0n) is 16.6. The number of aromatic nitrogens is 1. The molecule has 0 saturated carbocycles. The summed E-state index contributed by atoms with van der Waals surface area (Å²) >= 11 is 0. The summed E-state index contributed by atoms with van der Waals surface area (Å²) in [5.41, 5.74) is 3.10. The first-order valence-corrected chi connectivity index (χ1v) is 9.77. The minimum Gasteiger partial charge on any atom is -0.440 e. The van der Waals surface area contributed by atoms with Gasteiger partial charge in [0.25, 0.3) is 0 Å². The van der Waals surface area contributed by atoms with Gasteiger partial charge in [0, 0.05) is 38.4 Å². The second kappa shape index (κ2) is 7.95. The molecule has 29 heavy (non-hydrogen) atoms. The van der Waals surface area contributed by atoms with Gasteiger partial charge in [-0.15, -0.1) is 0 Å². The molecule has 7 nitrogen and oxygen atoms in total. The number of urea groups is 1. The summed E-state index contributed by atoms with van der Waals surface area (Å²) in [4.78, 5) is 32.2. The maximum atomic E-state index is 12.7. The lowest BCUT2D eigenvalue weighted by Gasteiger charge is -2.31. The van der Waals surface area contributed by atoms with Crippen LogP contribution in [0.2, 0.25) is 0 Å². The summed E-state index contributed by atoms with van der Waals surface area (Å²) < 4.78 is 5.91. The molecular formula is C22H24N4O3. The van der Waals surface area contributed by atoms with Crippen LogP contribution < -0.4 is 10.2 Å². The number of amides is 3. The van der Waals surface area contributed by atoms with E-state index in [4.69, 9.17) is 4.42 Å². The Labute approximate surface area is 169 Å². The first kappa shape index (κ1) is 19.0. The van der Waals surface area contributed by atoms with Crippen LogP contribution in [0.5, 0.6) is 0 Å². The third-order valence-corrected chi connectivity index (χ3v) is 5.35. The second-order valence-electron chi connectivity index (χ2n) is 7.36. The van der Waals surface area contributed by atoms with Gasteiger partial charge >= 0.3 is 6.03 Å². The van der Waals surface area contributed by atoms with Crippen molar-refractivity contribution in [2.75, 3.05) is 30.4 Å².